The van der Waals surface area contributed by atoms with Crippen molar-refractivity contribution in [2.45, 2.75) is 0 Å². The number of nitrogens with one attached hydrogen (secondary N) is 2. The Hall–Kier alpha value is -5.87. The molecule has 0 heterocycles. The lowest BCUT2D eigenvalue weighted by molar-refractivity contribution is 0.0726. The Labute approximate surface area is 236 Å². The summed E-state index contributed by atoms with van der Waals surface area (Å²) in [5.74, 6) is 1.83. The van der Waals surface area contributed by atoms with E-state index in [2.05, 4.69) is 16.6 Å². The lowest BCUT2D eigenvalue weighted by atomic mass is 10.0. The van der Waals surface area contributed by atoms with Gasteiger partial charge in [0, 0.05) is 35.6 Å². The van der Waals surface area contributed by atoms with Crippen molar-refractivity contribution in [2.24, 2.45) is 0 Å². The van der Waals surface area contributed by atoms with Gasteiger partial charge < -0.3 is 20.1 Å². The van der Waals surface area contributed by atoms with Gasteiger partial charge in [0.2, 0.25) is 0 Å². The molecule has 0 saturated heterocycles. The Kier molecular flexibility index (Phi) is 7.75. The molecule has 0 saturated carbocycles. The quantitative estimate of drug-likeness (QED) is 0.138. The van der Waals surface area contributed by atoms with E-state index in [0.29, 0.717) is 33.5 Å². The van der Waals surface area contributed by atoms with Crippen LogP contribution in [0, 0.1) is 12.3 Å². The van der Waals surface area contributed by atoms with Gasteiger partial charge in [-0.15, -0.1) is 6.42 Å². The van der Waals surface area contributed by atoms with Crippen LogP contribution in [0.25, 0.3) is 10.8 Å². The summed E-state index contributed by atoms with van der Waals surface area (Å²) in [6.07, 6.45) is 5.36. The number of fused-ring (bicyclic) bond motifs is 1. The number of esters is 2. The molecule has 5 rings (SSSR count). The predicted octanol–water partition coefficient (Wildman–Crippen LogP) is 6.55. The fourth-order valence-electron chi connectivity index (χ4n) is 4.08. The third-order valence-electron chi connectivity index (χ3n) is 6.28. The molecular weight excluding hydrogens is 516 g/mol. The van der Waals surface area contributed by atoms with Crippen LogP contribution in [0.15, 0.2) is 109 Å². The van der Waals surface area contributed by atoms with Crippen LogP contribution >= 0.6 is 0 Å². The number of rotatable bonds is 7. The first-order valence-corrected chi connectivity index (χ1v) is 12.7. The topological polar surface area (TPSA) is 93.7 Å². The van der Waals surface area contributed by atoms with Gasteiger partial charge in [-0.2, -0.15) is 0 Å². The first-order chi connectivity index (χ1) is 19.9. The average molecular weight is 541 g/mol. The third kappa shape index (κ3) is 6.41. The summed E-state index contributed by atoms with van der Waals surface area (Å²) in [7, 11) is 1.78. The zero-order chi connectivity index (χ0) is 28.8. The number of carbonyl (C=O) groups excluding carboxylic acids is 3. The van der Waals surface area contributed by atoms with Crippen molar-refractivity contribution in [2.75, 3.05) is 17.7 Å². The predicted molar refractivity (Wildman–Crippen MR) is 159 cm³/mol. The first kappa shape index (κ1) is 26.7. The summed E-state index contributed by atoms with van der Waals surface area (Å²) >= 11 is 0. The largest absolute Gasteiger partial charge is 0.423 e. The molecule has 5 aromatic rings. The minimum absolute atomic E-state index is 0.283. The van der Waals surface area contributed by atoms with E-state index >= 15 is 0 Å². The molecule has 0 bridgehead atoms. The summed E-state index contributed by atoms with van der Waals surface area (Å²) < 4.78 is 11.0. The van der Waals surface area contributed by atoms with Crippen LogP contribution in [0.2, 0.25) is 0 Å². The van der Waals surface area contributed by atoms with Gasteiger partial charge in [-0.05, 0) is 95.7 Å². The number of amides is 1. The number of terminal acetylenes is 1. The first-order valence-electron chi connectivity index (χ1n) is 12.7. The maximum absolute atomic E-state index is 12.9. The standard InChI is InChI=1S/C34H24N2O5/c1-3-22-7-15-28(16-8-22)36-32(37)24-13-17-30(18-14-24)40-33(38)25-11-9-23-10-12-26(20-27(23)19-25)34(39)41-31-6-4-5-29(21-31)35-2/h1,4-21,35H,2H3,(H,36,37). The van der Waals surface area contributed by atoms with Gasteiger partial charge in [0.25, 0.3) is 5.91 Å². The van der Waals surface area contributed by atoms with Crippen LogP contribution in [0.4, 0.5) is 11.4 Å². The van der Waals surface area contributed by atoms with Crippen LogP contribution in [-0.2, 0) is 0 Å². The van der Waals surface area contributed by atoms with E-state index in [1.807, 2.05) is 6.07 Å². The van der Waals surface area contributed by atoms with Crippen molar-refractivity contribution >= 4 is 40.0 Å². The number of hydrogen-bond donors (Lipinski definition) is 2. The molecule has 0 aliphatic heterocycles. The van der Waals surface area contributed by atoms with E-state index in [1.54, 1.807) is 110 Å². The number of hydrogen-bond acceptors (Lipinski definition) is 6. The normalized spacial score (nSPS) is 10.3. The molecule has 1 amide bonds. The zero-order valence-corrected chi connectivity index (χ0v) is 22.0. The molecule has 0 fully saturated rings. The molecule has 0 aromatic heterocycles. The fraction of sp³-hybridized carbons (Fsp3) is 0.0294. The molecule has 0 aliphatic rings. The molecule has 7 heteroatoms. The van der Waals surface area contributed by atoms with Crippen molar-refractivity contribution in [1.29, 1.82) is 0 Å². The highest BCUT2D eigenvalue weighted by Gasteiger charge is 2.14. The number of ether oxygens (including phenoxy) is 2. The van der Waals surface area contributed by atoms with E-state index in [9.17, 15) is 14.4 Å². The van der Waals surface area contributed by atoms with Crippen LogP contribution in [0.3, 0.4) is 0 Å². The molecule has 0 radical (unpaired) electrons. The zero-order valence-electron chi connectivity index (χ0n) is 22.0. The Morgan fingerprint density at radius 3 is 1.85 bits per heavy atom. The van der Waals surface area contributed by atoms with Gasteiger partial charge in [0.1, 0.15) is 11.5 Å². The molecule has 200 valence electrons. The number of anilines is 2. The average Bonchev–Trinajstić information content (AvgIpc) is 3.01. The van der Waals surface area contributed by atoms with E-state index in [-0.39, 0.29) is 11.7 Å². The van der Waals surface area contributed by atoms with Gasteiger partial charge in [-0.25, -0.2) is 9.59 Å². The molecule has 41 heavy (non-hydrogen) atoms. The molecule has 7 nitrogen and oxygen atoms in total. The Bertz CT molecular complexity index is 1800. The number of benzene rings is 5. The highest BCUT2D eigenvalue weighted by atomic mass is 16.5. The van der Waals surface area contributed by atoms with Gasteiger partial charge in [0.05, 0.1) is 11.1 Å². The molecule has 0 aliphatic carbocycles. The second-order valence-corrected chi connectivity index (χ2v) is 9.03. The molecule has 0 spiro atoms. The van der Waals surface area contributed by atoms with Gasteiger partial charge >= 0.3 is 11.9 Å². The molecule has 0 atom stereocenters. The van der Waals surface area contributed by atoms with Crippen LogP contribution < -0.4 is 20.1 Å². The van der Waals surface area contributed by atoms with Crippen LogP contribution in [0.1, 0.15) is 36.6 Å². The maximum Gasteiger partial charge on any atom is 0.343 e. The Balaban J connectivity index is 1.25. The van der Waals surface area contributed by atoms with E-state index < -0.39 is 11.9 Å². The molecule has 5 aromatic carbocycles. The Morgan fingerprint density at radius 2 is 1.24 bits per heavy atom. The van der Waals surface area contributed by atoms with Crippen LogP contribution in [-0.4, -0.2) is 24.9 Å². The maximum atomic E-state index is 12.9. The fourth-order valence-corrected chi connectivity index (χ4v) is 4.08. The summed E-state index contributed by atoms with van der Waals surface area (Å²) in [6.45, 7) is 0. The van der Waals surface area contributed by atoms with Gasteiger partial charge in [-0.1, -0.05) is 24.1 Å². The van der Waals surface area contributed by atoms with Crippen molar-refractivity contribution < 1.29 is 23.9 Å². The van der Waals surface area contributed by atoms with Gasteiger partial charge in [-0.3, -0.25) is 4.79 Å². The van der Waals surface area contributed by atoms with Crippen molar-refractivity contribution in [3.63, 3.8) is 0 Å². The van der Waals surface area contributed by atoms with E-state index in [0.717, 1.165) is 16.6 Å². The van der Waals surface area contributed by atoms with Crippen molar-refractivity contribution in [3.05, 3.63) is 131 Å². The lowest BCUT2D eigenvalue weighted by Gasteiger charge is -2.09. The van der Waals surface area contributed by atoms with E-state index in [1.165, 1.54) is 0 Å². The summed E-state index contributed by atoms with van der Waals surface area (Å²) in [5, 5.41) is 7.32. The van der Waals surface area contributed by atoms with Crippen molar-refractivity contribution in [3.8, 4) is 23.8 Å². The van der Waals surface area contributed by atoms with E-state index in [4.69, 9.17) is 15.9 Å². The monoisotopic (exact) mass is 540 g/mol. The molecule has 2 N–H and O–H groups in total. The van der Waals surface area contributed by atoms with Crippen LogP contribution in [0.5, 0.6) is 11.5 Å². The highest BCUT2D eigenvalue weighted by Crippen LogP contribution is 2.23. The van der Waals surface area contributed by atoms with Gasteiger partial charge in [0.15, 0.2) is 0 Å². The van der Waals surface area contributed by atoms with Crippen molar-refractivity contribution in [1.82, 2.24) is 0 Å². The molecular formula is C34H24N2O5. The second-order valence-electron chi connectivity index (χ2n) is 9.03. The minimum atomic E-state index is -0.574. The minimum Gasteiger partial charge on any atom is -0.423 e. The summed E-state index contributed by atoms with van der Waals surface area (Å²) in [5.41, 5.74) is 3.20. The highest BCUT2D eigenvalue weighted by molar-refractivity contribution is 6.04. The molecule has 0 unspecified atom stereocenters. The summed E-state index contributed by atoms with van der Waals surface area (Å²) in [6, 6.07) is 30.5. The Morgan fingerprint density at radius 1 is 0.634 bits per heavy atom. The number of carbonyl (C=O) groups is 3. The SMILES string of the molecule is C#Cc1ccc(NC(=O)c2ccc(OC(=O)c3ccc4ccc(C(=O)Oc5cccc(NC)c5)cc4c3)cc2)cc1. The second kappa shape index (κ2) is 11.9. The third-order valence-corrected chi connectivity index (χ3v) is 6.28. The smallest absolute Gasteiger partial charge is 0.343 e. The lowest BCUT2D eigenvalue weighted by Crippen LogP contribution is -2.12. The summed E-state index contributed by atoms with van der Waals surface area (Å²) in [4.78, 5) is 38.2.